The maximum absolute atomic E-state index is 13.2. The van der Waals surface area contributed by atoms with Crippen molar-refractivity contribution < 1.29 is 13.2 Å². The third kappa shape index (κ3) is 4.20. The van der Waals surface area contributed by atoms with Crippen LogP contribution in [0.25, 0.3) is 0 Å². The molecule has 0 aliphatic carbocycles. The largest absolute Gasteiger partial charge is 0.336 e. The van der Waals surface area contributed by atoms with Gasteiger partial charge in [0.1, 0.15) is 0 Å². The van der Waals surface area contributed by atoms with E-state index in [9.17, 15) is 13.2 Å². The predicted molar refractivity (Wildman–Crippen MR) is 110 cm³/mol. The fourth-order valence-electron chi connectivity index (χ4n) is 3.37. The minimum Gasteiger partial charge on any atom is -0.336 e. The molecule has 1 aliphatic heterocycles. The topological polar surface area (TPSA) is 97.1 Å². The van der Waals surface area contributed by atoms with Crippen LogP contribution in [0.15, 0.2) is 77.5 Å². The van der Waals surface area contributed by atoms with Gasteiger partial charge in [-0.1, -0.05) is 36.1 Å². The molecule has 2 aromatic rings. The second-order valence-corrected chi connectivity index (χ2v) is 8.60. The number of rotatable bonds is 6. The first-order chi connectivity index (χ1) is 13.9. The Balaban J connectivity index is 1.79. The second kappa shape index (κ2) is 8.54. The first-order valence-electron chi connectivity index (χ1n) is 9.14. The van der Waals surface area contributed by atoms with E-state index in [2.05, 4.69) is 11.8 Å². The molecule has 8 nitrogen and oxygen atoms in total. The Kier molecular flexibility index (Phi) is 6.09. The molecule has 9 heteroatoms. The van der Waals surface area contributed by atoms with E-state index in [0.717, 1.165) is 0 Å². The summed E-state index contributed by atoms with van der Waals surface area (Å²) >= 11 is 0. The number of carbonyl (C=O) groups excluding carboxylic acids is 1. The van der Waals surface area contributed by atoms with E-state index in [1.165, 1.54) is 27.6 Å². The second-order valence-electron chi connectivity index (χ2n) is 6.71. The molecule has 0 spiro atoms. The van der Waals surface area contributed by atoms with Gasteiger partial charge in [-0.2, -0.15) is 9.84 Å². The van der Waals surface area contributed by atoms with Gasteiger partial charge in [-0.3, -0.25) is 4.79 Å². The summed E-state index contributed by atoms with van der Waals surface area (Å²) in [5, 5.41) is 4.48. The van der Waals surface area contributed by atoms with Crippen molar-refractivity contribution in [3.05, 3.63) is 72.9 Å². The average molecular weight is 414 g/mol. The lowest BCUT2D eigenvalue weighted by Gasteiger charge is -2.39. The zero-order chi connectivity index (χ0) is 21.0. The molecule has 0 saturated carbocycles. The summed E-state index contributed by atoms with van der Waals surface area (Å²) in [6.45, 7) is 6.20. The van der Waals surface area contributed by atoms with Gasteiger partial charge < -0.3 is 4.90 Å². The number of nitrogens with zero attached hydrogens (tertiary/aromatic N) is 4. The van der Waals surface area contributed by atoms with Crippen LogP contribution in [0.2, 0.25) is 0 Å². The molecule has 1 saturated heterocycles. The minimum absolute atomic E-state index is 0.102. The third-order valence-electron chi connectivity index (χ3n) is 4.84. The van der Waals surface area contributed by atoms with Crippen molar-refractivity contribution >= 4 is 21.6 Å². The minimum atomic E-state index is -3.77. The first-order valence-corrected chi connectivity index (χ1v) is 10.6. The monoisotopic (exact) mass is 413 g/mol. The first kappa shape index (κ1) is 20.7. The Morgan fingerprint density at radius 3 is 2.55 bits per heavy atom. The van der Waals surface area contributed by atoms with Crippen molar-refractivity contribution in [2.45, 2.75) is 17.9 Å². The summed E-state index contributed by atoms with van der Waals surface area (Å²) in [5.41, 5.74) is 8.19. The van der Waals surface area contributed by atoms with Crippen molar-refractivity contribution in [1.82, 2.24) is 9.21 Å². The number of benzene rings is 2. The molecule has 1 unspecified atom stereocenters. The molecule has 1 amide bonds. The van der Waals surface area contributed by atoms with Crippen molar-refractivity contribution in [3.63, 3.8) is 0 Å². The van der Waals surface area contributed by atoms with Gasteiger partial charge in [-0.05, 0) is 37.3 Å². The summed E-state index contributed by atoms with van der Waals surface area (Å²) in [6, 6.07) is 14.8. The molecule has 29 heavy (non-hydrogen) atoms. The number of piperazine rings is 1. The lowest BCUT2D eigenvalue weighted by Crippen LogP contribution is -2.55. The number of anilines is 1. The molecule has 0 aromatic heterocycles. The highest BCUT2D eigenvalue weighted by Crippen LogP contribution is 2.26. The fourth-order valence-corrected chi connectivity index (χ4v) is 5.03. The Labute approximate surface area is 170 Å². The smallest absolute Gasteiger partial charge is 0.253 e. The predicted octanol–water partition coefficient (Wildman–Crippen LogP) is 3.12. The van der Waals surface area contributed by atoms with Crippen LogP contribution in [0, 0.1) is 5.53 Å². The van der Waals surface area contributed by atoms with E-state index in [1.807, 2.05) is 6.07 Å². The molecule has 1 fully saturated rings. The summed E-state index contributed by atoms with van der Waals surface area (Å²) in [4.78, 5) is 14.5. The molecule has 152 valence electrons. The fraction of sp³-hybridized carbons (Fsp3) is 0.250. The van der Waals surface area contributed by atoms with Crippen LogP contribution >= 0.6 is 0 Å². The molecular weight excluding hydrogens is 390 g/mol. The number of sulfonamides is 1. The van der Waals surface area contributed by atoms with Crippen LogP contribution in [-0.2, 0) is 10.0 Å². The zero-order valence-electron chi connectivity index (χ0n) is 16.1. The maximum Gasteiger partial charge on any atom is 0.253 e. The van der Waals surface area contributed by atoms with Crippen LogP contribution in [-0.4, -0.2) is 49.2 Å². The zero-order valence-corrected chi connectivity index (χ0v) is 16.9. The molecule has 2 aromatic carbocycles. The van der Waals surface area contributed by atoms with E-state index in [-0.39, 0.29) is 23.4 Å². The number of amides is 1. The van der Waals surface area contributed by atoms with Gasteiger partial charge in [0.2, 0.25) is 10.0 Å². The van der Waals surface area contributed by atoms with Crippen molar-refractivity contribution in [2.24, 2.45) is 5.22 Å². The van der Waals surface area contributed by atoms with E-state index < -0.39 is 10.0 Å². The molecule has 1 N–H and O–H groups in total. The maximum atomic E-state index is 13.2. The van der Waals surface area contributed by atoms with Crippen molar-refractivity contribution in [2.75, 3.05) is 24.6 Å². The lowest BCUT2D eigenvalue weighted by atomic mass is 10.1. The van der Waals surface area contributed by atoms with Gasteiger partial charge in [-0.15, -0.1) is 0 Å². The van der Waals surface area contributed by atoms with E-state index in [0.29, 0.717) is 24.3 Å². The van der Waals surface area contributed by atoms with E-state index in [4.69, 9.17) is 5.53 Å². The molecular formula is C20H23N5O3S. The summed E-state index contributed by atoms with van der Waals surface area (Å²) in [5.74, 6) is -0.102. The highest BCUT2D eigenvalue weighted by Gasteiger charge is 2.35. The lowest BCUT2D eigenvalue weighted by molar-refractivity contribution is 0.0642. The molecule has 1 aliphatic rings. The average Bonchev–Trinajstić information content (AvgIpc) is 2.74. The van der Waals surface area contributed by atoms with Gasteiger partial charge in [0.15, 0.2) is 0 Å². The van der Waals surface area contributed by atoms with Crippen molar-refractivity contribution in [3.8, 4) is 0 Å². The molecule has 0 bridgehead atoms. The van der Waals surface area contributed by atoms with Crippen LogP contribution in [0.4, 0.5) is 5.69 Å². The van der Waals surface area contributed by atoms with E-state index >= 15 is 0 Å². The van der Waals surface area contributed by atoms with Crippen LogP contribution < -0.4 is 5.01 Å². The summed E-state index contributed by atoms with van der Waals surface area (Å²) in [6.07, 6.45) is 1.33. The quantitative estimate of drug-likeness (QED) is 0.581. The van der Waals surface area contributed by atoms with Gasteiger partial charge in [-0.25, -0.2) is 13.4 Å². The standard InChI is InChI=1S/C20H23N5O3S/c1-3-24(22-21)18-10-7-11-19(14-18)29(27,28)25-13-12-23(15-16(25)2)20(26)17-8-5-4-6-9-17/h3-11,14,16,21H,1,12-13,15H2,2H3. The molecule has 0 radical (unpaired) electrons. The van der Waals surface area contributed by atoms with Crippen LogP contribution in [0.1, 0.15) is 17.3 Å². The molecule has 1 heterocycles. The number of hydrogen-bond donors (Lipinski definition) is 1. The number of carbonyl (C=O) groups is 1. The van der Waals surface area contributed by atoms with Gasteiger partial charge in [0.25, 0.3) is 5.91 Å². The third-order valence-corrected chi connectivity index (χ3v) is 6.85. The Hall–Kier alpha value is -3.04. The SMILES string of the molecule is C=CN(N=N)c1cccc(S(=O)(=O)N2CCN(C(=O)c3ccccc3)CC2C)c1. The summed E-state index contributed by atoms with van der Waals surface area (Å²) < 4.78 is 27.8. The highest BCUT2D eigenvalue weighted by atomic mass is 32.2. The van der Waals surface area contributed by atoms with Gasteiger partial charge in [0.05, 0.1) is 10.6 Å². The Bertz CT molecular complexity index is 1000. The Morgan fingerprint density at radius 2 is 1.93 bits per heavy atom. The highest BCUT2D eigenvalue weighted by molar-refractivity contribution is 7.89. The number of nitrogens with one attached hydrogen (secondary N) is 1. The number of hydrogen-bond acceptors (Lipinski definition) is 5. The van der Waals surface area contributed by atoms with Gasteiger partial charge in [0, 0.05) is 37.4 Å². The molecule has 1 atom stereocenters. The van der Waals surface area contributed by atoms with Crippen molar-refractivity contribution in [1.29, 1.82) is 5.53 Å². The van der Waals surface area contributed by atoms with Crippen LogP contribution in [0.5, 0.6) is 0 Å². The van der Waals surface area contributed by atoms with Crippen LogP contribution in [0.3, 0.4) is 0 Å². The van der Waals surface area contributed by atoms with Gasteiger partial charge >= 0.3 is 0 Å². The normalized spacial score (nSPS) is 17.6. The van der Waals surface area contributed by atoms with E-state index in [1.54, 1.807) is 48.2 Å². The molecule has 3 rings (SSSR count). The summed E-state index contributed by atoms with van der Waals surface area (Å²) in [7, 11) is -3.77. The Morgan fingerprint density at radius 1 is 1.21 bits per heavy atom.